The quantitative estimate of drug-likeness (QED) is 0.854. The first-order valence-corrected chi connectivity index (χ1v) is 7.26. The second-order valence-corrected chi connectivity index (χ2v) is 5.98. The van der Waals surface area contributed by atoms with Crippen molar-refractivity contribution in [3.8, 4) is 0 Å². The molecule has 6 nitrogen and oxygen atoms in total. The predicted molar refractivity (Wildman–Crippen MR) is 74.3 cm³/mol. The molecule has 0 aliphatic carbocycles. The average molecular weight is 280 g/mol. The Morgan fingerprint density at radius 2 is 2.16 bits per heavy atom. The number of sulfonamides is 1. The van der Waals surface area contributed by atoms with Crippen molar-refractivity contribution in [3.63, 3.8) is 0 Å². The normalized spacial score (nSPS) is 11.5. The molecule has 7 heteroatoms. The molecule has 0 unspecified atom stereocenters. The summed E-state index contributed by atoms with van der Waals surface area (Å²) in [7, 11) is -1.93. The smallest absolute Gasteiger partial charge is 0.267 e. The lowest BCUT2D eigenvalue weighted by Gasteiger charge is -2.22. The van der Waals surface area contributed by atoms with Gasteiger partial charge >= 0.3 is 0 Å². The van der Waals surface area contributed by atoms with Crippen molar-refractivity contribution in [3.05, 3.63) is 36.7 Å². The van der Waals surface area contributed by atoms with E-state index in [0.717, 1.165) is 0 Å². The molecule has 2 rings (SSSR count). The van der Waals surface area contributed by atoms with Gasteiger partial charge in [-0.3, -0.25) is 8.99 Å². The molecular weight excluding hydrogens is 264 g/mol. The fourth-order valence-corrected chi connectivity index (χ4v) is 3.28. The molecule has 0 saturated carbocycles. The molecule has 0 atom stereocenters. The van der Waals surface area contributed by atoms with E-state index in [1.54, 1.807) is 38.2 Å². The molecule has 0 fully saturated rings. The van der Waals surface area contributed by atoms with E-state index >= 15 is 0 Å². The van der Waals surface area contributed by atoms with Crippen LogP contribution in [-0.2, 0) is 17.1 Å². The van der Waals surface area contributed by atoms with Gasteiger partial charge in [0.15, 0.2) is 0 Å². The molecular formula is C12H16N4O2S. The van der Waals surface area contributed by atoms with Crippen LogP contribution in [0.2, 0.25) is 0 Å². The summed E-state index contributed by atoms with van der Waals surface area (Å²) in [6.07, 6.45) is 2.81. The summed E-state index contributed by atoms with van der Waals surface area (Å²) in [4.78, 5) is 0.166. The lowest BCUT2D eigenvalue weighted by molar-refractivity contribution is 0.591. The number of anilines is 2. The molecule has 0 radical (unpaired) electrons. The molecule has 2 N–H and O–H groups in total. The monoisotopic (exact) mass is 280 g/mol. The van der Waals surface area contributed by atoms with Gasteiger partial charge in [-0.05, 0) is 25.1 Å². The second kappa shape index (κ2) is 4.93. The number of nitrogens with two attached hydrogens (primary N) is 1. The SMILES string of the molecule is CCN(c1cccc(N)c1)S(=O)(=O)c1cnn(C)c1. The Bertz CT molecular complexity index is 679. The summed E-state index contributed by atoms with van der Waals surface area (Å²) in [5.74, 6) is 0. The van der Waals surface area contributed by atoms with Gasteiger partial charge in [0, 0.05) is 25.5 Å². The highest BCUT2D eigenvalue weighted by atomic mass is 32.2. The maximum Gasteiger partial charge on any atom is 0.267 e. The Morgan fingerprint density at radius 3 is 2.68 bits per heavy atom. The third-order valence-corrected chi connectivity index (χ3v) is 4.57. The van der Waals surface area contributed by atoms with Crippen molar-refractivity contribution in [2.75, 3.05) is 16.6 Å². The van der Waals surface area contributed by atoms with E-state index in [0.29, 0.717) is 17.9 Å². The van der Waals surface area contributed by atoms with E-state index < -0.39 is 10.0 Å². The molecule has 0 spiro atoms. The maximum atomic E-state index is 12.5. The van der Waals surface area contributed by atoms with Crippen molar-refractivity contribution in [2.45, 2.75) is 11.8 Å². The van der Waals surface area contributed by atoms with Gasteiger partial charge in [-0.1, -0.05) is 6.07 Å². The Kier molecular flexibility index (Phi) is 3.48. The Hall–Kier alpha value is -2.02. The van der Waals surface area contributed by atoms with Crippen LogP contribution in [0.25, 0.3) is 0 Å². The average Bonchev–Trinajstić information content (AvgIpc) is 2.77. The van der Waals surface area contributed by atoms with Crippen molar-refractivity contribution in [1.29, 1.82) is 0 Å². The Labute approximate surface area is 112 Å². The summed E-state index contributed by atoms with van der Waals surface area (Å²) in [5.41, 5.74) is 6.77. The minimum Gasteiger partial charge on any atom is -0.399 e. The van der Waals surface area contributed by atoms with Crippen LogP contribution in [0, 0.1) is 0 Å². The van der Waals surface area contributed by atoms with Crippen LogP contribution < -0.4 is 10.0 Å². The van der Waals surface area contributed by atoms with Gasteiger partial charge in [0.1, 0.15) is 4.90 Å². The fourth-order valence-electron chi connectivity index (χ4n) is 1.83. The van der Waals surface area contributed by atoms with Gasteiger partial charge in [0.05, 0.1) is 11.9 Å². The number of rotatable bonds is 4. The Balaban J connectivity index is 2.47. The van der Waals surface area contributed by atoms with Gasteiger partial charge < -0.3 is 5.73 Å². The first-order chi connectivity index (χ1) is 8.95. The minimum atomic E-state index is -3.61. The molecule has 0 saturated heterocycles. The molecule has 19 heavy (non-hydrogen) atoms. The fraction of sp³-hybridized carbons (Fsp3) is 0.250. The summed E-state index contributed by atoms with van der Waals surface area (Å²) in [5, 5.41) is 3.90. The molecule has 1 aromatic heterocycles. The molecule has 2 aromatic rings. The zero-order valence-electron chi connectivity index (χ0n) is 10.8. The van der Waals surface area contributed by atoms with Gasteiger partial charge in [-0.25, -0.2) is 8.42 Å². The summed E-state index contributed by atoms with van der Waals surface area (Å²) in [6.45, 7) is 2.10. The zero-order valence-corrected chi connectivity index (χ0v) is 11.6. The number of nitrogen functional groups attached to an aromatic ring is 1. The lowest BCUT2D eigenvalue weighted by atomic mass is 10.3. The van der Waals surface area contributed by atoms with E-state index in [9.17, 15) is 8.42 Å². The summed E-state index contributed by atoms with van der Waals surface area (Å²) < 4.78 is 27.8. The maximum absolute atomic E-state index is 12.5. The first kappa shape index (κ1) is 13.4. The third-order valence-electron chi connectivity index (χ3n) is 2.71. The highest BCUT2D eigenvalue weighted by Gasteiger charge is 2.24. The van der Waals surface area contributed by atoms with Crippen LogP contribution in [0.3, 0.4) is 0 Å². The number of aromatic nitrogens is 2. The van der Waals surface area contributed by atoms with E-state index in [-0.39, 0.29) is 4.90 Å². The van der Waals surface area contributed by atoms with Crippen LogP contribution in [0.1, 0.15) is 6.92 Å². The predicted octanol–water partition coefficient (Wildman–Crippen LogP) is 1.22. The highest BCUT2D eigenvalue weighted by molar-refractivity contribution is 7.92. The molecule has 0 bridgehead atoms. The molecule has 0 aliphatic heterocycles. The van der Waals surface area contributed by atoms with Crippen LogP contribution >= 0.6 is 0 Å². The zero-order chi connectivity index (χ0) is 14.0. The molecule has 0 aliphatic rings. The minimum absolute atomic E-state index is 0.166. The lowest BCUT2D eigenvalue weighted by Crippen LogP contribution is -2.30. The van der Waals surface area contributed by atoms with E-state index in [4.69, 9.17) is 5.73 Å². The van der Waals surface area contributed by atoms with E-state index in [2.05, 4.69) is 5.10 Å². The van der Waals surface area contributed by atoms with Gasteiger partial charge in [-0.15, -0.1) is 0 Å². The van der Waals surface area contributed by atoms with E-state index in [1.165, 1.54) is 21.4 Å². The van der Waals surface area contributed by atoms with Crippen LogP contribution in [0.5, 0.6) is 0 Å². The molecule has 1 heterocycles. The summed E-state index contributed by atoms with van der Waals surface area (Å²) in [6, 6.07) is 6.80. The molecule has 102 valence electrons. The van der Waals surface area contributed by atoms with Gasteiger partial charge in [-0.2, -0.15) is 5.10 Å². The number of hydrogen-bond donors (Lipinski definition) is 1. The third kappa shape index (κ3) is 2.55. The van der Waals surface area contributed by atoms with Gasteiger partial charge in [0.2, 0.25) is 0 Å². The van der Waals surface area contributed by atoms with Crippen molar-refractivity contribution in [1.82, 2.24) is 9.78 Å². The Morgan fingerprint density at radius 1 is 1.42 bits per heavy atom. The second-order valence-electron chi connectivity index (χ2n) is 4.11. The number of hydrogen-bond acceptors (Lipinski definition) is 4. The standard InChI is InChI=1S/C12H16N4O2S/c1-3-16(11-6-4-5-10(13)7-11)19(17,18)12-8-14-15(2)9-12/h4-9H,3,13H2,1-2H3. The summed E-state index contributed by atoms with van der Waals surface area (Å²) >= 11 is 0. The van der Waals surface area contributed by atoms with Crippen molar-refractivity contribution < 1.29 is 8.42 Å². The number of nitrogens with zero attached hydrogens (tertiary/aromatic N) is 3. The number of benzene rings is 1. The van der Waals surface area contributed by atoms with Crippen LogP contribution in [0.15, 0.2) is 41.6 Å². The van der Waals surface area contributed by atoms with Gasteiger partial charge in [0.25, 0.3) is 10.0 Å². The molecule has 1 aromatic carbocycles. The largest absolute Gasteiger partial charge is 0.399 e. The van der Waals surface area contributed by atoms with Crippen molar-refractivity contribution in [2.24, 2.45) is 7.05 Å². The van der Waals surface area contributed by atoms with Crippen LogP contribution in [0.4, 0.5) is 11.4 Å². The topological polar surface area (TPSA) is 81.2 Å². The highest BCUT2D eigenvalue weighted by Crippen LogP contribution is 2.24. The van der Waals surface area contributed by atoms with E-state index in [1.807, 2.05) is 0 Å². The van der Waals surface area contributed by atoms with Crippen molar-refractivity contribution >= 4 is 21.4 Å². The number of aryl methyl sites for hydroxylation is 1. The first-order valence-electron chi connectivity index (χ1n) is 5.82. The molecule has 0 amide bonds. The van der Waals surface area contributed by atoms with Crippen LogP contribution in [-0.4, -0.2) is 24.7 Å².